The Morgan fingerprint density at radius 1 is 0.966 bits per heavy atom. The lowest BCUT2D eigenvalue weighted by Gasteiger charge is -2.31. The Kier molecular flexibility index (Phi) is 8.15. The number of aryl methyl sites for hydroxylation is 1. The number of phenols is 1. The number of hydroxylamine groups is 2. The fraction of sp³-hybridized carbons (Fsp3) is 0.720. The second-order valence-electron chi connectivity index (χ2n) is 10.8. The molecule has 1 fully saturated rings. The van der Waals surface area contributed by atoms with Crippen molar-refractivity contribution in [3.8, 4) is 5.75 Å². The number of hydrogen-bond donors (Lipinski definition) is 2. The van der Waals surface area contributed by atoms with Crippen molar-refractivity contribution in [2.45, 2.75) is 116 Å². The summed E-state index contributed by atoms with van der Waals surface area (Å²) >= 11 is 5.49. The van der Waals surface area contributed by atoms with E-state index >= 15 is 0 Å². The summed E-state index contributed by atoms with van der Waals surface area (Å²) in [6.07, 6.45) is 9.48. The van der Waals surface area contributed by atoms with Crippen molar-refractivity contribution in [3.05, 3.63) is 28.8 Å². The molecule has 1 aromatic carbocycles. The first-order valence-corrected chi connectivity index (χ1v) is 11.7. The van der Waals surface area contributed by atoms with E-state index < -0.39 is 0 Å². The zero-order chi connectivity index (χ0) is 21.8. The van der Waals surface area contributed by atoms with Crippen LogP contribution in [0.15, 0.2) is 12.1 Å². The van der Waals surface area contributed by atoms with Gasteiger partial charge in [-0.3, -0.25) is 5.21 Å². The molecule has 164 valence electrons. The van der Waals surface area contributed by atoms with Gasteiger partial charge in [0.05, 0.1) is 6.04 Å². The number of aromatic hydroxyl groups is 1. The number of rotatable bonds is 6. The zero-order valence-corrected chi connectivity index (χ0v) is 20.2. The summed E-state index contributed by atoms with van der Waals surface area (Å²) in [5.41, 5.74) is 3.12. The Morgan fingerprint density at radius 3 is 1.97 bits per heavy atom. The van der Waals surface area contributed by atoms with Crippen LogP contribution in [0, 0.1) is 0 Å². The highest BCUT2D eigenvalue weighted by Crippen LogP contribution is 2.40. The summed E-state index contributed by atoms with van der Waals surface area (Å²) in [5.74, 6) is 0.443. The van der Waals surface area contributed by atoms with E-state index in [2.05, 4.69) is 53.7 Å². The van der Waals surface area contributed by atoms with E-state index in [9.17, 15) is 10.3 Å². The fourth-order valence-electron chi connectivity index (χ4n) is 4.23. The summed E-state index contributed by atoms with van der Waals surface area (Å²) in [4.78, 5) is 0.688. The molecule has 0 atom stereocenters. The van der Waals surface area contributed by atoms with Crippen LogP contribution in [0.4, 0.5) is 0 Å². The number of unbranched alkanes of at least 4 members (excludes halogenated alkanes) is 1. The van der Waals surface area contributed by atoms with Crippen molar-refractivity contribution in [1.82, 2.24) is 5.06 Å². The first-order valence-electron chi connectivity index (χ1n) is 11.3. The van der Waals surface area contributed by atoms with E-state index in [0.717, 1.165) is 49.7 Å². The third-order valence-electron chi connectivity index (χ3n) is 6.07. The standard InChI is InChI=1S/C25H41NO2S/c1-24(2,3)20-16-18(17-21(23(20)27)25(4,5)6)12-10-11-15-22(29)26(28)19-13-8-7-9-14-19/h16-17,19,27-28H,7-15H2,1-6H3. The topological polar surface area (TPSA) is 43.7 Å². The molecule has 0 spiro atoms. The lowest BCUT2D eigenvalue weighted by molar-refractivity contribution is -0.0633. The summed E-state index contributed by atoms with van der Waals surface area (Å²) in [6, 6.07) is 4.56. The molecule has 0 radical (unpaired) electrons. The van der Waals surface area contributed by atoms with Crippen LogP contribution in [-0.4, -0.2) is 26.4 Å². The largest absolute Gasteiger partial charge is 0.507 e. The van der Waals surface area contributed by atoms with Gasteiger partial charge in [0.2, 0.25) is 0 Å². The number of hydrogen-bond acceptors (Lipinski definition) is 3. The molecule has 1 aliphatic rings. The van der Waals surface area contributed by atoms with Gasteiger partial charge in [-0.15, -0.1) is 0 Å². The van der Waals surface area contributed by atoms with Gasteiger partial charge in [-0.05, 0) is 59.6 Å². The Morgan fingerprint density at radius 2 is 1.48 bits per heavy atom. The van der Waals surface area contributed by atoms with Crippen LogP contribution in [0.3, 0.4) is 0 Å². The molecule has 0 heterocycles. The van der Waals surface area contributed by atoms with E-state index in [-0.39, 0.29) is 16.9 Å². The van der Waals surface area contributed by atoms with E-state index in [1.54, 1.807) is 0 Å². The lowest BCUT2D eigenvalue weighted by Crippen LogP contribution is -2.37. The predicted molar refractivity (Wildman–Crippen MR) is 126 cm³/mol. The summed E-state index contributed by atoms with van der Waals surface area (Å²) in [6.45, 7) is 12.9. The summed E-state index contributed by atoms with van der Waals surface area (Å²) in [5, 5.41) is 22.6. The Bertz CT molecular complexity index is 659. The van der Waals surface area contributed by atoms with Crippen LogP contribution in [0.25, 0.3) is 0 Å². The SMILES string of the molecule is CC(C)(C)c1cc(CCCCC(=S)N(O)C2CCCCC2)cc(C(C)(C)C)c1O. The monoisotopic (exact) mass is 419 g/mol. The minimum absolute atomic E-state index is 0.0982. The van der Waals surface area contributed by atoms with Crippen LogP contribution < -0.4 is 0 Å². The van der Waals surface area contributed by atoms with Crippen LogP contribution in [-0.2, 0) is 17.3 Å². The first-order chi connectivity index (χ1) is 13.4. The average molecular weight is 420 g/mol. The van der Waals surface area contributed by atoms with Gasteiger partial charge < -0.3 is 5.11 Å². The summed E-state index contributed by atoms with van der Waals surface area (Å²) in [7, 11) is 0. The van der Waals surface area contributed by atoms with Crippen LogP contribution in [0.1, 0.15) is 110 Å². The third kappa shape index (κ3) is 6.68. The van der Waals surface area contributed by atoms with E-state index in [1.165, 1.54) is 29.9 Å². The second-order valence-corrected chi connectivity index (χ2v) is 11.2. The Hall–Kier alpha value is -1.13. The number of thiocarbonyl (C=S) groups is 1. The molecule has 0 aliphatic heterocycles. The number of benzene rings is 1. The van der Waals surface area contributed by atoms with Crippen molar-refractivity contribution in [2.24, 2.45) is 0 Å². The minimum Gasteiger partial charge on any atom is -0.507 e. The molecule has 0 unspecified atom stereocenters. The molecule has 1 saturated carbocycles. The number of phenolic OH excluding ortho intramolecular Hbond substituents is 1. The maximum atomic E-state index is 10.9. The molecule has 1 aliphatic carbocycles. The molecule has 4 heteroatoms. The quantitative estimate of drug-likeness (QED) is 0.294. The van der Waals surface area contributed by atoms with E-state index in [0.29, 0.717) is 10.7 Å². The Balaban J connectivity index is 1.98. The maximum Gasteiger partial charge on any atom is 0.123 e. The third-order valence-corrected chi connectivity index (χ3v) is 6.46. The van der Waals surface area contributed by atoms with Crippen molar-refractivity contribution in [3.63, 3.8) is 0 Å². The lowest BCUT2D eigenvalue weighted by atomic mass is 9.78. The van der Waals surface area contributed by atoms with Crippen LogP contribution in [0.5, 0.6) is 5.75 Å². The van der Waals surface area contributed by atoms with E-state index in [1.807, 2.05) is 0 Å². The van der Waals surface area contributed by atoms with E-state index in [4.69, 9.17) is 12.2 Å². The minimum atomic E-state index is -0.0982. The van der Waals surface area contributed by atoms with Crippen molar-refractivity contribution >= 4 is 17.2 Å². The normalized spacial score (nSPS) is 16.1. The smallest absolute Gasteiger partial charge is 0.123 e. The maximum absolute atomic E-state index is 10.9. The molecule has 1 aromatic rings. The molecule has 2 rings (SSSR count). The van der Waals surface area contributed by atoms with Crippen LogP contribution >= 0.6 is 12.2 Å². The van der Waals surface area contributed by atoms with Crippen molar-refractivity contribution in [2.75, 3.05) is 0 Å². The second kappa shape index (κ2) is 9.78. The Labute approximate surface area is 183 Å². The highest BCUT2D eigenvalue weighted by Gasteiger charge is 2.26. The van der Waals surface area contributed by atoms with Gasteiger partial charge in [-0.2, -0.15) is 0 Å². The molecular formula is C25H41NO2S. The first kappa shape index (κ1) is 24.1. The van der Waals surface area contributed by atoms with Crippen molar-refractivity contribution in [1.29, 1.82) is 0 Å². The molecule has 0 bridgehead atoms. The zero-order valence-electron chi connectivity index (χ0n) is 19.3. The van der Waals surface area contributed by atoms with Gasteiger partial charge in [-0.25, -0.2) is 5.06 Å². The summed E-state index contributed by atoms with van der Waals surface area (Å²) < 4.78 is 0. The average Bonchev–Trinajstić information content (AvgIpc) is 2.64. The van der Waals surface area contributed by atoms with Gasteiger partial charge in [0.1, 0.15) is 10.7 Å². The fourth-order valence-corrected chi connectivity index (χ4v) is 4.52. The molecule has 29 heavy (non-hydrogen) atoms. The van der Waals surface area contributed by atoms with Gasteiger partial charge in [0.25, 0.3) is 0 Å². The molecule has 0 saturated heterocycles. The van der Waals surface area contributed by atoms with Crippen molar-refractivity contribution < 1.29 is 10.3 Å². The highest BCUT2D eigenvalue weighted by molar-refractivity contribution is 7.80. The number of nitrogens with zero attached hydrogens (tertiary/aromatic N) is 1. The molecule has 0 aromatic heterocycles. The predicted octanol–water partition coefficient (Wildman–Crippen LogP) is 7.05. The van der Waals surface area contributed by atoms with Gasteiger partial charge in [0.15, 0.2) is 0 Å². The highest BCUT2D eigenvalue weighted by atomic mass is 32.1. The molecule has 2 N–H and O–H groups in total. The molecule has 3 nitrogen and oxygen atoms in total. The molecular weight excluding hydrogens is 378 g/mol. The van der Waals surface area contributed by atoms with Gasteiger partial charge >= 0.3 is 0 Å². The van der Waals surface area contributed by atoms with Gasteiger partial charge in [0, 0.05) is 6.42 Å². The molecule has 0 amide bonds. The van der Waals surface area contributed by atoms with Crippen LogP contribution in [0.2, 0.25) is 0 Å². The van der Waals surface area contributed by atoms with Gasteiger partial charge in [-0.1, -0.05) is 85.2 Å².